The minimum Gasteiger partial charge on any atom is -0.255 e. The zero-order valence-electron chi connectivity index (χ0n) is 27.5. The molecule has 0 unspecified atom stereocenters. The molecule has 54 heavy (non-hydrogen) atoms. The first-order valence-electron chi connectivity index (χ1n) is 14.4. The Bertz CT molecular complexity index is 1830. The van der Waals surface area contributed by atoms with Gasteiger partial charge in [0.2, 0.25) is 0 Å². The molecule has 6 rings (SSSR count). The SMILES string of the molecule is C=Cc1ccnc(-c2cc(C)ccn2)c1.F[P-](F)(F)(F)(F)F.F[P-](F)(F)(F)(F)F.[Ru+2].c1ccc(-c2ccccn2)nc1.c1ccc(-c2ccccn2)nc1. The number of nitrogens with zero attached hydrogens (tertiary/aromatic N) is 6. The molecule has 0 aromatic carbocycles. The van der Waals surface area contributed by atoms with Crippen LogP contribution in [0.3, 0.4) is 0 Å². The van der Waals surface area contributed by atoms with E-state index >= 15 is 0 Å². The molecule has 0 aliphatic carbocycles. The van der Waals surface area contributed by atoms with Crippen molar-refractivity contribution in [3.63, 3.8) is 0 Å². The maximum absolute atomic E-state index is 10.7. The third kappa shape index (κ3) is 27.0. The van der Waals surface area contributed by atoms with Crippen LogP contribution in [-0.2, 0) is 19.5 Å². The second-order valence-electron chi connectivity index (χ2n) is 10.2. The number of halogens is 12. The van der Waals surface area contributed by atoms with Crippen LogP contribution in [0.25, 0.3) is 40.2 Å². The van der Waals surface area contributed by atoms with Gasteiger partial charge in [0.15, 0.2) is 0 Å². The van der Waals surface area contributed by atoms with Crippen molar-refractivity contribution in [2.45, 2.75) is 6.92 Å². The summed E-state index contributed by atoms with van der Waals surface area (Å²) in [6, 6.07) is 31.1. The summed E-state index contributed by atoms with van der Waals surface area (Å²) >= 11 is 0. The number of pyridine rings is 6. The molecule has 0 saturated heterocycles. The summed E-state index contributed by atoms with van der Waals surface area (Å²) < 4.78 is 118. The first-order chi connectivity index (χ1) is 24.1. The van der Waals surface area contributed by atoms with E-state index in [1.54, 1.807) is 43.3 Å². The number of hydrogen-bond donors (Lipinski definition) is 0. The minimum absolute atomic E-state index is 0. The Balaban J connectivity index is 0.000000347. The van der Waals surface area contributed by atoms with Crippen LogP contribution in [0.1, 0.15) is 11.1 Å². The molecular formula is C33H28F12N6P2Ru. The smallest absolute Gasteiger partial charge is 0.255 e. The molecule has 6 heterocycles. The van der Waals surface area contributed by atoms with Crippen molar-refractivity contribution in [3.05, 3.63) is 152 Å². The van der Waals surface area contributed by atoms with Crippen molar-refractivity contribution in [2.75, 3.05) is 0 Å². The predicted octanol–water partition coefficient (Wildman–Crippen LogP) is 14.1. The maximum Gasteiger partial charge on any atom is 2.00 e. The van der Waals surface area contributed by atoms with Gasteiger partial charge in [-0.3, -0.25) is 29.9 Å². The fraction of sp³-hybridized carbons (Fsp3) is 0.0303. The average Bonchev–Trinajstić information content (AvgIpc) is 3.08. The van der Waals surface area contributed by atoms with Crippen LogP contribution in [0, 0.1) is 6.92 Å². The molecule has 0 saturated carbocycles. The molecule has 0 atom stereocenters. The molecular weight excluding hydrogens is 871 g/mol. The number of aryl methyl sites for hydroxylation is 1. The van der Waals surface area contributed by atoms with E-state index in [1.165, 1.54) is 5.56 Å². The normalized spacial score (nSPS) is 13.1. The van der Waals surface area contributed by atoms with Gasteiger partial charge < -0.3 is 0 Å². The molecule has 0 spiro atoms. The first-order valence-corrected chi connectivity index (χ1v) is 18.5. The number of rotatable bonds is 4. The van der Waals surface area contributed by atoms with Crippen molar-refractivity contribution < 1.29 is 69.8 Å². The van der Waals surface area contributed by atoms with Gasteiger partial charge in [0.1, 0.15) is 0 Å². The van der Waals surface area contributed by atoms with Crippen LogP contribution in [0.4, 0.5) is 50.4 Å². The number of hydrogen-bond acceptors (Lipinski definition) is 6. The average molecular weight is 900 g/mol. The molecule has 0 radical (unpaired) electrons. The molecule has 0 bridgehead atoms. The summed E-state index contributed by atoms with van der Waals surface area (Å²) in [6.45, 7) is 5.78. The van der Waals surface area contributed by atoms with Gasteiger partial charge >= 0.3 is 85.5 Å². The second kappa shape index (κ2) is 17.6. The largest absolute Gasteiger partial charge is 2.00 e. The zero-order valence-corrected chi connectivity index (χ0v) is 31.0. The van der Waals surface area contributed by atoms with Gasteiger partial charge in [-0.2, -0.15) is 0 Å². The molecule has 292 valence electrons. The van der Waals surface area contributed by atoms with Crippen LogP contribution < -0.4 is 0 Å². The van der Waals surface area contributed by atoms with Crippen molar-refractivity contribution in [3.8, 4) is 34.2 Å². The van der Waals surface area contributed by atoms with Gasteiger partial charge in [-0.1, -0.05) is 36.9 Å². The van der Waals surface area contributed by atoms with Gasteiger partial charge in [-0.15, -0.1) is 0 Å². The Morgan fingerprint density at radius 2 is 0.685 bits per heavy atom. The van der Waals surface area contributed by atoms with Gasteiger partial charge in [0, 0.05) is 37.2 Å². The van der Waals surface area contributed by atoms with E-state index in [1.807, 2.05) is 104 Å². The quantitative estimate of drug-likeness (QED) is 0.0996. The molecule has 0 aliphatic rings. The maximum atomic E-state index is 9.87. The summed E-state index contributed by atoms with van der Waals surface area (Å²) in [5.74, 6) is 0. The van der Waals surface area contributed by atoms with E-state index < -0.39 is 15.6 Å². The molecule has 21 heteroatoms. The summed E-state index contributed by atoms with van der Waals surface area (Å²) in [4.78, 5) is 25.3. The summed E-state index contributed by atoms with van der Waals surface area (Å²) in [7, 11) is -21.3. The van der Waals surface area contributed by atoms with Crippen molar-refractivity contribution in [1.29, 1.82) is 0 Å². The Labute approximate surface area is 313 Å². The van der Waals surface area contributed by atoms with E-state index in [4.69, 9.17) is 0 Å². The molecule has 0 amide bonds. The van der Waals surface area contributed by atoms with Gasteiger partial charge in [-0.05, 0) is 90.8 Å². The van der Waals surface area contributed by atoms with Gasteiger partial charge in [0.25, 0.3) is 0 Å². The zero-order chi connectivity index (χ0) is 39.9. The van der Waals surface area contributed by atoms with Gasteiger partial charge in [0.05, 0.1) is 34.2 Å². The van der Waals surface area contributed by atoms with Crippen LogP contribution >= 0.6 is 15.6 Å². The van der Waals surface area contributed by atoms with Gasteiger partial charge in [-0.25, -0.2) is 0 Å². The third-order valence-corrected chi connectivity index (χ3v) is 5.38. The van der Waals surface area contributed by atoms with Crippen LogP contribution in [0.15, 0.2) is 141 Å². The van der Waals surface area contributed by atoms with E-state index in [-0.39, 0.29) is 19.5 Å². The Kier molecular flexibility index (Phi) is 15.4. The van der Waals surface area contributed by atoms with E-state index in [2.05, 4.69) is 36.5 Å². The Morgan fingerprint density at radius 3 is 0.944 bits per heavy atom. The summed E-state index contributed by atoms with van der Waals surface area (Å²) in [5, 5.41) is 0. The number of aromatic nitrogens is 6. The van der Waals surface area contributed by atoms with Crippen molar-refractivity contribution in [2.24, 2.45) is 0 Å². The molecule has 6 aromatic rings. The fourth-order valence-electron chi connectivity index (χ4n) is 3.45. The third-order valence-electron chi connectivity index (χ3n) is 5.38. The van der Waals surface area contributed by atoms with E-state index in [0.717, 1.165) is 39.7 Å². The van der Waals surface area contributed by atoms with Crippen LogP contribution in [-0.4, -0.2) is 29.9 Å². The van der Waals surface area contributed by atoms with E-state index in [0.29, 0.717) is 0 Å². The van der Waals surface area contributed by atoms with Crippen molar-refractivity contribution in [1.82, 2.24) is 29.9 Å². The molecule has 0 N–H and O–H groups in total. The molecule has 6 aromatic heterocycles. The van der Waals surface area contributed by atoms with Crippen LogP contribution in [0.5, 0.6) is 0 Å². The molecule has 0 aliphatic heterocycles. The molecule has 0 fully saturated rings. The second-order valence-corrected chi connectivity index (χ2v) is 14.0. The standard InChI is InChI=1S/C13H12N2.2C10H8N2.2F6P.Ru/c1-3-11-5-7-15-13(9-11)12-8-10(2)4-6-14-12;2*1-3-7-11-9(5-1)10-6-2-4-8-12-10;2*1-7(2,3,4,5)6;/h3-9H,1H2,2H3;2*1-8H;;;/q;;;2*-1;+2. The Hall–Kier alpha value is -4.72. The predicted molar refractivity (Wildman–Crippen MR) is 184 cm³/mol. The minimum atomic E-state index is -10.7. The summed E-state index contributed by atoms with van der Waals surface area (Å²) in [5.41, 5.74) is 7.69. The summed E-state index contributed by atoms with van der Waals surface area (Å²) in [6.07, 6.45) is 12.5. The topological polar surface area (TPSA) is 77.3 Å². The van der Waals surface area contributed by atoms with Crippen LogP contribution in [0.2, 0.25) is 0 Å². The van der Waals surface area contributed by atoms with E-state index in [9.17, 15) is 50.4 Å². The molecule has 6 nitrogen and oxygen atoms in total. The fourth-order valence-corrected chi connectivity index (χ4v) is 3.45. The monoisotopic (exact) mass is 900 g/mol. The van der Waals surface area contributed by atoms with Crippen molar-refractivity contribution >= 4 is 21.7 Å². The first kappa shape index (κ1) is 47.3. The Morgan fingerprint density at radius 1 is 0.407 bits per heavy atom.